The molecular weight excluding hydrogens is 568 g/mol. The van der Waals surface area contributed by atoms with Gasteiger partial charge in [0.05, 0.1) is 16.7 Å². The molecule has 0 unspecified atom stereocenters. The summed E-state index contributed by atoms with van der Waals surface area (Å²) in [5, 5.41) is 9.07. The van der Waals surface area contributed by atoms with Gasteiger partial charge in [0, 0.05) is 21.2 Å². The lowest BCUT2D eigenvalue weighted by Gasteiger charge is -2.31. The van der Waals surface area contributed by atoms with E-state index in [1.165, 1.54) is 0 Å². The van der Waals surface area contributed by atoms with Gasteiger partial charge < -0.3 is 5.73 Å². The summed E-state index contributed by atoms with van der Waals surface area (Å²) in [6, 6.07) is -0.0388. The molecule has 34 heavy (non-hydrogen) atoms. The fourth-order valence-electron chi connectivity index (χ4n) is 2.90. The first-order chi connectivity index (χ1) is 15.2. The Bertz CT molecular complexity index is 1190. The largest absolute Gasteiger partial charge is 0.435 e. The summed E-state index contributed by atoms with van der Waals surface area (Å²) in [5.41, 5.74) is -12.1. The van der Waals surface area contributed by atoms with Crippen molar-refractivity contribution in [2.75, 3.05) is 0 Å². The molecule has 0 aliphatic rings. The number of hydrogen-bond donors (Lipinski definition) is 1. The van der Waals surface area contributed by atoms with E-state index in [-0.39, 0.29) is 12.1 Å². The van der Waals surface area contributed by atoms with Gasteiger partial charge in [-0.1, -0.05) is 15.9 Å². The van der Waals surface area contributed by atoms with Crippen LogP contribution in [0, 0.1) is 23.0 Å². The SMILES string of the molecule is N#Cc1c(-c2c(Br)cc(C(F)(C(F)(F)F)C(F)(F)F)cc2C(F)(F)F)cc(C(N)=O)c(F)c1F. The Morgan fingerprint density at radius 1 is 0.882 bits per heavy atom. The molecule has 0 heterocycles. The minimum absolute atomic E-state index is 0.143. The number of nitriles is 1. The monoisotopic (exact) mass is 572 g/mol. The third kappa shape index (κ3) is 4.28. The molecular formula is C18H5BrF12N2O. The minimum atomic E-state index is -6.77. The van der Waals surface area contributed by atoms with Crippen molar-refractivity contribution in [2.24, 2.45) is 5.73 Å². The number of benzene rings is 2. The van der Waals surface area contributed by atoms with E-state index in [4.69, 9.17) is 11.0 Å². The Labute approximate surface area is 188 Å². The van der Waals surface area contributed by atoms with Crippen LogP contribution in [0.15, 0.2) is 22.7 Å². The van der Waals surface area contributed by atoms with Gasteiger partial charge >= 0.3 is 24.2 Å². The van der Waals surface area contributed by atoms with Gasteiger partial charge in [0.1, 0.15) is 6.07 Å². The molecule has 0 fully saturated rings. The van der Waals surface area contributed by atoms with E-state index in [1.807, 2.05) is 0 Å². The molecule has 2 N–H and O–H groups in total. The number of amides is 1. The Hall–Kier alpha value is -2.96. The molecule has 0 atom stereocenters. The Kier molecular flexibility index (Phi) is 6.71. The van der Waals surface area contributed by atoms with Crippen molar-refractivity contribution >= 4 is 21.8 Å². The van der Waals surface area contributed by atoms with E-state index < -0.39 is 85.7 Å². The number of nitrogens with zero attached hydrogens (tertiary/aromatic N) is 1. The van der Waals surface area contributed by atoms with E-state index in [0.717, 1.165) is 6.07 Å². The summed E-state index contributed by atoms with van der Waals surface area (Å²) >= 11 is 2.28. The van der Waals surface area contributed by atoms with Gasteiger partial charge in [-0.25, -0.2) is 13.2 Å². The molecule has 0 aliphatic heterocycles. The third-order valence-corrected chi connectivity index (χ3v) is 5.05. The fourth-order valence-corrected chi connectivity index (χ4v) is 3.58. The van der Waals surface area contributed by atoms with Crippen molar-refractivity contribution in [3.8, 4) is 17.2 Å². The lowest BCUT2D eigenvalue weighted by molar-refractivity contribution is -0.348. The molecule has 0 aliphatic carbocycles. The Morgan fingerprint density at radius 2 is 1.38 bits per heavy atom. The fraction of sp³-hybridized carbons (Fsp3) is 0.222. The first-order valence-electron chi connectivity index (χ1n) is 8.16. The average molecular weight is 573 g/mol. The maximum Gasteiger partial charge on any atom is 0.435 e. The summed E-state index contributed by atoms with van der Waals surface area (Å²) in [4.78, 5) is 11.3. The maximum atomic E-state index is 14.4. The van der Waals surface area contributed by atoms with Crippen LogP contribution >= 0.6 is 15.9 Å². The number of halogens is 13. The molecule has 1 amide bonds. The second-order valence-electron chi connectivity index (χ2n) is 6.48. The quantitative estimate of drug-likeness (QED) is 0.417. The van der Waals surface area contributed by atoms with Crippen molar-refractivity contribution in [2.45, 2.75) is 24.2 Å². The van der Waals surface area contributed by atoms with Crippen LogP contribution in [0.2, 0.25) is 0 Å². The molecule has 0 bridgehead atoms. The standard InChI is InChI=1S/C18H5BrF12N2O/c19-10-2-5(15(22,17(26,27)28)18(29,30)31)1-9(16(23,24)25)11(10)6-3-7(14(33)34)12(20)13(21)8(6)4-32/h1-3H,(H2,33,34). The number of carbonyl (C=O) groups excluding carboxylic acids is 1. The summed E-state index contributed by atoms with van der Waals surface area (Å²) in [6.45, 7) is 0. The average Bonchev–Trinajstić information content (AvgIpc) is 2.66. The van der Waals surface area contributed by atoms with Gasteiger partial charge in [0.2, 0.25) is 0 Å². The molecule has 0 radical (unpaired) electrons. The number of alkyl halides is 10. The zero-order valence-electron chi connectivity index (χ0n) is 15.6. The van der Waals surface area contributed by atoms with Crippen LogP contribution in [0.1, 0.15) is 27.0 Å². The topological polar surface area (TPSA) is 66.9 Å². The molecule has 0 saturated heterocycles. The molecule has 0 aromatic heterocycles. The van der Waals surface area contributed by atoms with Gasteiger partial charge in [0.25, 0.3) is 5.91 Å². The van der Waals surface area contributed by atoms with E-state index in [9.17, 15) is 57.5 Å². The Balaban J connectivity index is 3.12. The van der Waals surface area contributed by atoms with E-state index >= 15 is 0 Å². The zero-order valence-corrected chi connectivity index (χ0v) is 17.2. The van der Waals surface area contributed by atoms with Crippen molar-refractivity contribution < 1.29 is 57.5 Å². The Morgan fingerprint density at radius 3 is 1.76 bits per heavy atom. The minimum Gasteiger partial charge on any atom is -0.366 e. The van der Waals surface area contributed by atoms with E-state index in [1.54, 1.807) is 0 Å². The molecule has 2 aromatic carbocycles. The summed E-state index contributed by atoms with van der Waals surface area (Å²) < 4.78 is 161. The van der Waals surface area contributed by atoms with Gasteiger partial charge in [-0.05, 0) is 18.2 Å². The normalized spacial score (nSPS) is 13.1. The third-order valence-electron chi connectivity index (χ3n) is 4.43. The predicted octanol–water partition coefficient (Wildman–Crippen LogP) is 6.67. The number of carbonyl (C=O) groups is 1. The van der Waals surface area contributed by atoms with Crippen LogP contribution in [0.4, 0.5) is 52.7 Å². The van der Waals surface area contributed by atoms with Crippen LogP contribution in [0.25, 0.3) is 11.1 Å². The highest BCUT2D eigenvalue weighted by atomic mass is 79.9. The molecule has 0 saturated carbocycles. The van der Waals surface area contributed by atoms with E-state index in [2.05, 4.69) is 15.9 Å². The highest BCUT2D eigenvalue weighted by molar-refractivity contribution is 9.10. The molecule has 2 rings (SSSR count). The van der Waals surface area contributed by atoms with Crippen LogP contribution in [-0.2, 0) is 11.8 Å². The number of hydrogen-bond acceptors (Lipinski definition) is 2. The first kappa shape index (κ1) is 27.3. The summed E-state index contributed by atoms with van der Waals surface area (Å²) in [6.07, 6.45) is -19.4. The number of nitrogens with two attached hydrogens (primary N) is 1. The summed E-state index contributed by atoms with van der Waals surface area (Å²) in [5.74, 6) is -5.96. The van der Waals surface area contributed by atoms with Gasteiger partial charge in [-0.2, -0.15) is 44.8 Å². The second-order valence-corrected chi connectivity index (χ2v) is 7.34. The maximum absolute atomic E-state index is 14.4. The van der Waals surface area contributed by atoms with Crippen LogP contribution in [0.5, 0.6) is 0 Å². The molecule has 3 nitrogen and oxygen atoms in total. The van der Waals surface area contributed by atoms with Crippen LogP contribution < -0.4 is 5.73 Å². The lowest BCUT2D eigenvalue weighted by atomic mass is 9.87. The highest BCUT2D eigenvalue weighted by Crippen LogP contribution is 2.55. The number of rotatable bonds is 3. The van der Waals surface area contributed by atoms with Crippen LogP contribution in [0.3, 0.4) is 0 Å². The van der Waals surface area contributed by atoms with Crippen molar-refractivity contribution in [1.82, 2.24) is 0 Å². The van der Waals surface area contributed by atoms with Crippen LogP contribution in [-0.4, -0.2) is 18.3 Å². The summed E-state index contributed by atoms with van der Waals surface area (Å²) in [7, 11) is 0. The molecule has 16 heteroatoms. The van der Waals surface area contributed by atoms with Gasteiger partial charge in [0.15, 0.2) is 11.6 Å². The van der Waals surface area contributed by atoms with E-state index in [0.29, 0.717) is 0 Å². The second kappa shape index (κ2) is 8.36. The molecule has 184 valence electrons. The predicted molar refractivity (Wildman–Crippen MR) is 92.6 cm³/mol. The van der Waals surface area contributed by atoms with Gasteiger partial charge in [-0.3, -0.25) is 4.79 Å². The smallest absolute Gasteiger partial charge is 0.366 e. The lowest BCUT2D eigenvalue weighted by Crippen LogP contribution is -2.50. The van der Waals surface area contributed by atoms with Gasteiger partial charge in [-0.15, -0.1) is 0 Å². The zero-order chi connectivity index (χ0) is 26.6. The molecule has 0 spiro atoms. The van der Waals surface area contributed by atoms with Crippen molar-refractivity contribution in [1.29, 1.82) is 5.26 Å². The first-order valence-corrected chi connectivity index (χ1v) is 8.95. The molecule has 2 aromatic rings. The highest BCUT2D eigenvalue weighted by Gasteiger charge is 2.73. The number of primary amides is 1. The van der Waals surface area contributed by atoms with Crippen molar-refractivity contribution in [3.63, 3.8) is 0 Å². The van der Waals surface area contributed by atoms with Crippen molar-refractivity contribution in [3.05, 3.63) is 56.6 Å².